The minimum Gasteiger partial charge on any atom is -0.245 e. The Bertz CT molecular complexity index is 390. The van der Waals surface area contributed by atoms with Gasteiger partial charge in [-0.05, 0) is 11.6 Å². The Balaban J connectivity index is 2.34. The number of hydrogen-bond donors (Lipinski definition) is 0. The van der Waals surface area contributed by atoms with Gasteiger partial charge in [-0.15, -0.1) is 11.8 Å². The molecule has 0 bridgehead atoms. The second-order valence-electron chi connectivity index (χ2n) is 2.76. The van der Waals surface area contributed by atoms with Gasteiger partial charge in [0.05, 0.1) is 23.2 Å². The van der Waals surface area contributed by atoms with Gasteiger partial charge in [-0.3, -0.25) is 0 Å². The molecule has 0 unspecified atom stereocenters. The smallest absolute Gasteiger partial charge is 0.0883 e. The lowest BCUT2D eigenvalue weighted by atomic mass is 10.2. The number of nitrogens with zero attached hydrogens (tertiary/aromatic N) is 2. The first-order chi connectivity index (χ1) is 6.40. The van der Waals surface area contributed by atoms with Gasteiger partial charge < -0.3 is 0 Å². The number of para-hydroxylation sites is 1. The number of thioether (sulfide) groups is 1. The molecule has 1 aliphatic heterocycles. The first-order valence-corrected chi connectivity index (χ1v) is 5.04. The highest BCUT2D eigenvalue weighted by molar-refractivity contribution is 8.13. The molecule has 1 heterocycles. The highest BCUT2D eigenvalue weighted by Gasteiger charge is 2.10. The number of fused-ring (bicyclic) bond motifs is 1. The molecule has 64 valence electrons. The molecule has 0 spiro atoms. The van der Waals surface area contributed by atoms with Crippen LogP contribution in [0, 0.1) is 11.3 Å². The average Bonchev–Trinajstić information content (AvgIpc) is 2.18. The van der Waals surface area contributed by atoms with Crippen LogP contribution in [0.5, 0.6) is 0 Å². The maximum absolute atomic E-state index is 8.52. The monoisotopic (exact) mass is 188 g/mol. The molecule has 0 fully saturated rings. The van der Waals surface area contributed by atoms with Crippen LogP contribution in [0.15, 0.2) is 29.3 Å². The lowest BCUT2D eigenvalue weighted by Gasteiger charge is -2.12. The summed E-state index contributed by atoms with van der Waals surface area (Å²) in [6, 6.07) is 10.2. The van der Waals surface area contributed by atoms with Gasteiger partial charge in [0, 0.05) is 5.75 Å². The van der Waals surface area contributed by atoms with Crippen LogP contribution in [-0.4, -0.2) is 5.04 Å². The van der Waals surface area contributed by atoms with E-state index in [0.717, 1.165) is 16.5 Å². The second kappa shape index (κ2) is 3.63. The summed E-state index contributed by atoms with van der Waals surface area (Å²) in [4.78, 5) is 4.39. The molecule has 0 amide bonds. The van der Waals surface area contributed by atoms with Crippen molar-refractivity contribution in [2.24, 2.45) is 4.99 Å². The van der Waals surface area contributed by atoms with Gasteiger partial charge in [-0.25, -0.2) is 4.99 Å². The first-order valence-electron chi connectivity index (χ1n) is 4.05. The number of rotatable bonds is 1. The third kappa shape index (κ3) is 1.73. The molecule has 1 aliphatic rings. The third-order valence-corrected chi connectivity index (χ3v) is 2.89. The van der Waals surface area contributed by atoms with Crippen molar-refractivity contribution < 1.29 is 0 Å². The number of aliphatic imine (C=N–C) groups is 1. The normalized spacial score (nSPS) is 14.2. The fraction of sp³-hybridized carbons (Fsp3) is 0.200. The van der Waals surface area contributed by atoms with E-state index in [1.165, 1.54) is 5.56 Å². The standard InChI is InChI=1S/C10H8N2S/c11-6-5-10-12-9-4-2-1-3-8(9)7-13-10/h1-4H,5,7H2. The minimum absolute atomic E-state index is 0.430. The molecule has 1 aromatic rings. The number of nitriles is 1. The summed E-state index contributed by atoms with van der Waals surface area (Å²) in [6.45, 7) is 0. The van der Waals surface area contributed by atoms with Crippen molar-refractivity contribution in [1.82, 2.24) is 0 Å². The van der Waals surface area contributed by atoms with Crippen molar-refractivity contribution in [3.8, 4) is 6.07 Å². The maximum atomic E-state index is 8.52. The number of hydrogen-bond acceptors (Lipinski definition) is 3. The molecule has 0 atom stereocenters. The Morgan fingerprint density at radius 1 is 1.46 bits per heavy atom. The van der Waals surface area contributed by atoms with E-state index in [1.807, 2.05) is 18.2 Å². The van der Waals surface area contributed by atoms with Gasteiger partial charge in [0.1, 0.15) is 0 Å². The van der Waals surface area contributed by atoms with Crippen LogP contribution in [0.1, 0.15) is 12.0 Å². The zero-order valence-electron chi connectivity index (χ0n) is 7.03. The maximum Gasteiger partial charge on any atom is 0.0883 e. The van der Waals surface area contributed by atoms with Gasteiger partial charge >= 0.3 is 0 Å². The van der Waals surface area contributed by atoms with Gasteiger partial charge in [-0.1, -0.05) is 18.2 Å². The topological polar surface area (TPSA) is 36.1 Å². The molecule has 2 rings (SSSR count). The molecule has 0 saturated heterocycles. The molecular formula is C10H8N2S. The Kier molecular flexibility index (Phi) is 2.33. The summed E-state index contributed by atoms with van der Waals surface area (Å²) >= 11 is 1.66. The van der Waals surface area contributed by atoms with Crippen LogP contribution in [0.25, 0.3) is 0 Å². The molecule has 1 aromatic carbocycles. The van der Waals surface area contributed by atoms with Crippen molar-refractivity contribution in [2.75, 3.05) is 0 Å². The summed E-state index contributed by atoms with van der Waals surface area (Å²) < 4.78 is 0. The van der Waals surface area contributed by atoms with Crippen LogP contribution in [0.3, 0.4) is 0 Å². The first kappa shape index (κ1) is 8.33. The molecule has 0 radical (unpaired) electrons. The SMILES string of the molecule is N#CCC1=Nc2ccccc2CS1. The van der Waals surface area contributed by atoms with E-state index in [1.54, 1.807) is 11.8 Å². The minimum atomic E-state index is 0.430. The highest BCUT2D eigenvalue weighted by Crippen LogP contribution is 2.31. The Morgan fingerprint density at radius 2 is 2.31 bits per heavy atom. The Hall–Kier alpha value is -1.27. The van der Waals surface area contributed by atoms with Crippen LogP contribution >= 0.6 is 11.8 Å². The van der Waals surface area contributed by atoms with Crippen LogP contribution in [0.4, 0.5) is 5.69 Å². The van der Waals surface area contributed by atoms with Crippen molar-refractivity contribution in [3.05, 3.63) is 29.8 Å². The summed E-state index contributed by atoms with van der Waals surface area (Å²) in [5, 5.41) is 9.45. The fourth-order valence-corrected chi connectivity index (χ4v) is 2.12. The van der Waals surface area contributed by atoms with Crippen LogP contribution in [0.2, 0.25) is 0 Å². The fourth-order valence-electron chi connectivity index (χ4n) is 1.23. The summed E-state index contributed by atoms with van der Waals surface area (Å²) in [5.74, 6) is 0.941. The van der Waals surface area contributed by atoms with Gasteiger partial charge in [0.2, 0.25) is 0 Å². The summed E-state index contributed by atoms with van der Waals surface area (Å²) in [6.07, 6.45) is 0.430. The molecule has 0 aromatic heterocycles. The van der Waals surface area contributed by atoms with Gasteiger partial charge in [0.15, 0.2) is 0 Å². The molecular weight excluding hydrogens is 180 g/mol. The number of benzene rings is 1. The van der Waals surface area contributed by atoms with E-state index in [9.17, 15) is 0 Å². The zero-order chi connectivity index (χ0) is 9.10. The van der Waals surface area contributed by atoms with Crippen molar-refractivity contribution in [2.45, 2.75) is 12.2 Å². The van der Waals surface area contributed by atoms with Crippen LogP contribution in [-0.2, 0) is 5.75 Å². The van der Waals surface area contributed by atoms with Crippen molar-refractivity contribution in [3.63, 3.8) is 0 Å². The van der Waals surface area contributed by atoms with Gasteiger partial charge in [-0.2, -0.15) is 5.26 Å². The molecule has 3 heteroatoms. The largest absolute Gasteiger partial charge is 0.245 e. The highest BCUT2D eigenvalue weighted by atomic mass is 32.2. The lowest BCUT2D eigenvalue weighted by Crippen LogP contribution is -1.97. The molecule has 0 N–H and O–H groups in total. The predicted molar refractivity (Wildman–Crippen MR) is 55.1 cm³/mol. The lowest BCUT2D eigenvalue weighted by molar-refractivity contribution is 1.32. The quantitative estimate of drug-likeness (QED) is 0.679. The Morgan fingerprint density at radius 3 is 3.15 bits per heavy atom. The van der Waals surface area contributed by atoms with Crippen molar-refractivity contribution >= 4 is 22.5 Å². The van der Waals surface area contributed by atoms with E-state index in [-0.39, 0.29) is 0 Å². The zero-order valence-corrected chi connectivity index (χ0v) is 7.84. The van der Waals surface area contributed by atoms with Crippen LogP contribution < -0.4 is 0 Å². The van der Waals surface area contributed by atoms with Gasteiger partial charge in [0.25, 0.3) is 0 Å². The molecule has 0 saturated carbocycles. The van der Waals surface area contributed by atoms with E-state index in [0.29, 0.717) is 6.42 Å². The molecule has 13 heavy (non-hydrogen) atoms. The van der Waals surface area contributed by atoms with E-state index < -0.39 is 0 Å². The predicted octanol–water partition coefficient (Wildman–Crippen LogP) is 2.88. The Labute approximate surface area is 81.3 Å². The summed E-state index contributed by atoms with van der Waals surface area (Å²) in [7, 11) is 0. The van der Waals surface area contributed by atoms with E-state index >= 15 is 0 Å². The molecule has 2 nitrogen and oxygen atoms in total. The van der Waals surface area contributed by atoms with E-state index in [2.05, 4.69) is 17.1 Å². The second-order valence-corrected chi connectivity index (χ2v) is 3.81. The average molecular weight is 188 g/mol. The summed E-state index contributed by atoms with van der Waals surface area (Å²) in [5.41, 5.74) is 2.28. The molecule has 0 aliphatic carbocycles. The third-order valence-electron chi connectivity index (χ3n) is 1.86. The van der Waals surface area contributed by atoms with Crippen molar-refractivity contribution in [1.29, 1.82) is 5.26 Å². The van der Waals surface area contributed by atoms with E-state index in [4.69, 9.17) is 5.26 Å².